The van der Waals surface area contributed by atoms with E-state index in [1.165, 1.54) is 7.11 Å². The summed E-state index contributed by atoms with van der Waals surface area (Å²) in [6, 6.07) is 19.0. The third-order valence-corrected chi connectivity index (χ3v) is 7.10. The summed E-state index contributed by atoms with van der Waals surface area (Å²) in [5.74, 6) is 1.23. The second kappa shape index (κ2) is 9.06. The Bertz CT molecular complexity index is 1300. The molecule has 34 heavy (non-hydrogen) atoms. The van der Waals surface area contributed by atoms with Crippen LogP contribution < -0.4 is 20.1 Å². The smallest absolute Gasteiger partial charge is 0.172 e. The van der Waals surface area contributed by atoms with E-state index in [1.54, 1.807) is 13.2 Å². The average Bonchev–Trinajstić information content (AvgIpc) is 3.02. The maximum Gasteiger partial charge on any atom is 0.172 e. The van der Waals surface area contributed by atoms with Crippen molar-refractivity contribution in [3.05, 3.63) is 87.5 Å². The first-order valence-corrected chi connectivity index (χ1v) is 11.9. The topological polar surface area (TPSA) is 79.8 Å². The molecule has 0 aromatic heterocycles. The van der Waals surface area contributed by atoms with Crippen LogP contribution >= 0.6 is 15.9 Å². The molecule has 5 rings (SSSR count). The van der Waals surface area contributed by atoms with Gasteiger partial charge in [0.15, 0.2) is 17.3 Å². The summed E-state index contributed by atoms with van der Waals surface area (Å²) in [6.07, 6.45) is 1.05. The quantitative estimate of drug-likeness (QED) is 0.382. The number of hydrogen-bond donors (Lipinski definition) is 3. The Morgan fingerprint density at radius 3 is 2.41 bits per heavy atom. The fourth-order valence-corrected chi connectivity index (χ4v) is 5.34. The van der Waals surface area contributed by atoms with E-state index >= 15 is 0 Å². The molecule has 0 fully saturated rings. The molecule has 0 saturated heterocycles. The number of Topliss-reactive ketones (excluding diaryl/α,β-unsaturated/α-hetero) is 1. The highest BCUT2D eigenvalue weighted by atomic mass is 79.9. The number of methoxy groups -OCH3 is 2. The lowest BCUT2D eigenvalue weighted by Gasteiger charge is -2.30. The highest BCUT2D eigenvalue weighted by Gasteiger charge is 2.37. The third kappa shape index (κ3) is 3.90. The van der Waals surface area contributed by atoms with Gasteiger partial charge in [0.2, 0.25) is 0 Å². The molecule has 0 amide bonds. The predicted octanol–water partition coefficient (Wildman–Crippen LogP) is 6.15. The number of benzene rings is 3. The molecule has 1 aliphatic heterocycles. The maximum atomic E-state index is 13.7. The van der Waals surface area contributed by atoms with Gasteiger partial charge < -0.3 is 25.2 Å². The number of nitrogens with one attached hydrogen (secondary N) is 2. The predicted molar refractivity (Wildman–Crippen MR) is 136 cm³/mol. The van der Waals surface area contributed by atoms with Crippen LogP contribution in [0.5, 0.6) is 17.2 Å². The van der Waals surface area contributed by atoms with E-state index in [1.807, 2.05) is 54.6 Å². The van der Waals surface area contributed by atoms with Crippen molar-refractivity contribution in [2.45, 2.75) is 24.8 Å². The number of ketones is 1. The van der Waals surface area contributed by atoms with Crippen molar-refractivity contribution >= 4 is 33.1 Å². The molecule has 1 heterocycles. The van der Waals surface area contributed by atoms with Gasteiger partial charge in [-0.2, -0.15) is 0 Å². The number of anilines is 2. The molecule has 0 bridgehead atoms. The number of rotatable bonds is 4. The zero-order valence-corrected chi connectivity index (χ0v) is 20.5. The number of ether oxygens (including phenoxy) is 2. The Morgan fingerprint density at radius 1 is 0.941 bits per heavy atom. The molecular formula is C27H25BrN2O4. The van der Waals surface area contributed by atoms with Crippen LogP contribution in [0.2, 0.25) is 0 Å². The molecule has 3 aromatic carbocycles. The normalized spacial score (nSPS) is 19.3. The number of phenols is 1. The first-order valence-electron chi connectivity index (χ1n) is 11.1. The summed E-state index contributed by atoms with van der Waals surface area (Å²) in [7, 11) is 3.17. The van der Waals surface area contributed by atoms with Crippen molar-refractivity contribution in [3.63, 3.8) is 0 Å². The molecule has 1 aliphatic carbocycles. The van der Waals surface area contributed by atoms with Gasteiger partial charge in [-0.25, -0.2) is 0 Å². The molecule has 2 unspecified atom stereocenters. The average molecular weight is 521 g/mol. The molecule has 7 heteroatoms. The van der Waals surface area contributed by atoms with Crippen LogP contribution in [0.4, 0.5) is 11.4 Å². The highest BCUT2D eigenvalue weighted by Crippen LogP contribution is 2.47. The standard InChI is InChI=1S/C27H25BrN2O4/c1-33-23-10-6-3-7-17(23)15-12-21-25(22(31)13-15)26(30-20-9-5-4-8-19(20)29-21)16-11-18(28)27(32)24(14-16)34-2/h3-11,14-15,26,29-30,32H,12-13H2,1-2H3. The molecule has 2 aliphatic rings. The van der Waals surface area contributed by atoms with Gasteiger partial charge in [0.05, 0.1) is 36.1 Å². The lowest BCUT2D eigenvalue weighted by Crippen LogP contribution is -2.27. The summed E-state index contributed by atoms with van der Waals surface area (Å²) >= 11 is 3.43. The zero-order chi connectivity index (χ0) is 23.8. The summed E-state index contributed by atoms with van der Waals surface area (Å²) in [5, 5.41) is 17.4. The molecule has 6 nitrogen and oxygen atoms in total. The number of allylic oxidation sites excluding steroid dienone is 1. The largest absolute Gasteiger partial charge is 0.503 e. The maximum absolute atomic E-state index is 13.7. The first-order chi connectivity index (χ1) is 16.5. The molecule has 0 spiro atoms. The van der Waals surface area contributed by atoms with Crippen molar-refractivity contribution < 1.29 is 19.4 Å². The second-order valence-corrected chi connectivity index (χ2v) is 9.32. The van der Waals surface area contributed by atoms with Gasteiger partial charge in [0, 0.05) is 23.6 Å². The van der Waals surface area contributed by atoms with Crippen LogP contribution in [0.25, 0.3) is 0 Å². The molecule has 2 atom stereocenters. The minimum absolute atomic E-state index is 0.00176. The minimum atomic E-state index is -0.414. The number of carbonyl (C=O) groups excluding carboxylic acids is 1. The van der Waals surface area contributed by atoms with E-state index in [0.717, 1.165) is 33.9 Å². The SMILES string of the molecule is COc1ccccc1C1CC(=O)C2=C(C1)Nc1ccccc1NC2c1cc(Br)c(O)c(OC)c1. The van der Waals surface area contributed by atoms with E-state index < -0.39 is 6.04 Å². The third-order valence-electron chi connectivity index (χ3n) is 6.49. The van der Waals surface area contributed by atoms with Gasteiger partial charge in [-0.15, -0.1) is 0 Å². The van der Waals surface area contributed by atoms with Gasteiger partial charge in [0.1, 0.15) is 5.75 Å². The van der Waals surface area contributed by atoms with Crippen LogP contribution in [-0.2, 0) is 4.79 Å². The van der Waals surface area contributed by atoms with Crippen LogP contribution in [0.15, 0.2) is 76.4 Å². The number of para-hydroxylation sites is 3. The van der Waals surface area contributed by atoms with Crippen molar-refractivity contribution in [2.24, 2.45) is 0 Å². The Kier molecular flexibility index (Phi) is 5.96. The lowest BCUT2D eigenvalue weighted by atomic mass is 9.78. The van der Waals surface area contributed by atoms with Crippen LogP contribution in [0.1, 0.15) is 35.9 Å². The Labute approximate surface area is 206 Å². The van der Waals surface area contributed by atoms with Gasteiger partial charge in [-0.05, 0) is 63.8 Å². The Balaban J connectivity index is 1.64. The monoisotopic (exact) mass is 520 g/mol. The second-order valence-electron chi connectivity index (χ2n) is 8.46. The zero-order valence-electron chi connectivity index (χ0n) is 18.9. The summed E-state index contributed by atoms with van der Waals surface area (Å²) in [6.45, 7) is 0. The molecule has 0 saturated carbocycles. The number of hydrogen-bond acceptors (Lipinski definition) is 6. The van der Waals surface area contributed by atoms with Gasteiger partial charge >= 0.3 is 0 Å². The molecular weight excluding hydrogens is 496 g/mol. The first kappa shape index (κ1) is 22.3. The van der Waals surface area contributed by atoms with Crippen molar-refractivity contribution in [1.82, 2.24) is 0 Å². The van der Waals surface area contributed by atoms with E-state index in [2.05, 4.69) is 26.6 Å². The van der Waals surface area contributed by atoms with Crippen molar-refractivity contribution in [2.75, 3.05) is 24.9 Å². The molecule has 0 radical (unpaired) electrons. The Morgan fingerprint density at radius 2 is 1.65 bits per heavy atom. The van der Waals surface area contributed by atoms with Crippen LogP contribution in [0.3, 0.4) is 0 Å². The molecule has 3 N–H and O–H groups in total. The fourth-order valence-electron chi connectivity index (χ4n) is 4.88. The van der Waals surface area contributed by atoms with E-state index in [4.69, 9.17) is 9.47 Å². The number of fused-ring (bicyclic) bond motifs is 1. The van der Waals surface area contributed by atoms with E-state index in [0.29, 0.717) is 28.6 Å². The van der Waals surface area contributed by atoms with Crippen LogP contribution in [0, 0.1) is 0 Å². The minimum Gasteiger partial charge on any atom is -0.503 e. The number of carbonyl (C=O) groups is 1. The number of phenolic OH excluding ortho intramolecular Hbond substituents is 1. The summed E-state index contributed by atoms with van der Waals surface area (Å²) in [4.78, 5) is 13.7. The summed E-state index contributed by atoms with van der Waals surface area (Å²) in [5.41, 5.74) is 5.24. The van der Waals surface area contributed by atoms with E-state index in [9.17, 15) is 9.90 Å². The Hall–Kier alpha value is -3.45. The number of halogens is 1. The molecule has 3 aromatic rings. The van der Waals surface area contributed by atoms with Crippen molar-refractivity contribution in [1.29, 1.82) is 0 Å². The van der Waals surface area contributed by atoms with Crippen molar-refractivity contribution in [3.8, 4) is 17.2 Å². The van der Waals surface area contributed by atoms with Crippen LogP contribution in [-0.4, -0.2) is 25.1 Å². The lowest BCUT2D eigenvalue weighted by molar-refractivity contribution is -0.116. The van der Waals surface area contributed by atoms with Gasteiger partial charge in [0.25, 0.3) is 0 Å². The summed E-state index contributed by atoms with van der Waals surface area (Å²) < 4.78 is 11.5. The van der Waals surface area contributed by atoms with E-state index in [-0.39, 0.29) is 17.5 Å². The highest BCUT2D eigenvalue weighted by molar-refractivity contribution is 9.10. The van der Waals surface area contributed by atoms with Gasteiger partial charge in [-0.1, -0.05) is 30.3 Å². The van der Waals surface area contributed by atoms with Gasteiger partial charge in [-0.3, -0.25) is 4.79 Å². The fraction of sp³-hybridized carbons (Fsp3) is 0.222. The molecule has 174 valence electrons. The number of aromatic hydroxyl groups is 1.